The molecule has 186 valence electrons. The molecule has 0 aliphatic rings. The van der Waals surface area contributed by atoms with Crippen molar-refractivity contribution in [2.24, 2.45) is 0 Å². The fraction of sp³-hybridized carbons (Fsp3) is 0.963. The average Bonchev–Trinajstić information content (AvgIpc) is 2.71. The maximum Gasteiger partial charge on any atom is 0.333 e. The number of ether oxygens (including phenoxy) is 1. The van der Waals surface area contributed by atoms with Gasteiger partial charge >= 0.3 is 5.97 Å². The highest BCUT2D eigenvalue weighted by molar-refractivity contribution is 6.74. The number of esters is 1. The zero-order valence-electron chi connectivity index (χ0n) is 22.3. The normalized spacial score (nSPS) is 13.4. The van der Waals surface area contributed by atoms with E-state index in [-0.39, 0.29) is 11.0 Å². The molecule has 0 spiro atoms. The van der Waals surface area contributed by atoms with Crippen LogP contribution >= 0.6 is 0 Å². The third-order valence-electron chi connectivity index (χ3n) is 7.03. The van der Waals surface area contributed by atoms with Gasteiger partial charge in [0, 0.05) is 0 Å². The molecule has 4 heteroatoms. The van der Waals surface area contributed by atoms with Crippen molar-refractivity contribution in [3.63, 3.8) is 0 Å². The third kappa shape index (κ3) is 16.0. The van der Waals surface area contributed by atoms with Crippen LogP contribution in [0.3, 0.4) is 0 Å². The summed E-state index contributed by atoms with van der Waals surface area (Å²) >= 11 is 0. The van der Waals surface area contributed by atoms with Gasteiger partial charge in [0.15, 0.2) is 8.32 Å². The van der Waals surface area contributed by atoms with Gasteiger partial charge < -0.3 is 9.16 Å². The Bertz CT molecular complexity index is 429. The molecule has 0 bridgehead atoms. The number of carbonyl (C=O) groups is 1. The van der Waals surface area contributed by atoms with Gasteiger partial charge in [0.2, 0.25) is 0 Å². The lowest BCUT2D eigenvalue weighted by Crippen LogP contribution is -2.46. The van der Waals surface area contributed by atoms with Gasteiger partial charge in [-0.1, -0.05) is 130 Å². The van der Waals surface area contributed by atoms with Gasteiger partial charge in [0.25, 0.3) is 0 Å². The summed E-state index contributed by atoms with van der Waals surface area (Å²) in [5.74, 6) is -0.203. The van der Waals surface area contributed by atoms with E-state index < -0.39 is 14.4 Å². The van der Waals surface area contributed by atoms with Crippen LogP contribution in [-0.4, -0.2) is 27.5 Å². The molecule has 0 radical (unpaired) electrons. The Labute approximate surface area is 196 Å². The molecule has 0 N–H and O–H groups in total. The molecule has 0 aromatic carbocycles. The van der Waals surface area contributed by atoms with E-state index in [1.165, 1.54) is 103 Å². The second kappa shape index (κ2) is 18.1. The summed E-state index contributed by atoms with van der Waals surface area (Å²) in [7, 11) is -0.488. The van der Waals surface area contributed by atoms with Gasteiger partial charge in [-0.3, -0.25) is 0 Å². The zero-order valence-corrected chi connectivity index (χ0v) is 23.3. The predicted octanol–water partition coefficient (Wildman–Crippen LogP) is 9.20. The van der Waals surface area contributed by atoms with Crippen molar-refractivity contribution in [3.05, 3.63) is 0 Å². The number of hydrogen-bond donors (Lipinski definition) is 0. The Morgan fingerprint density at radius 2 is 1.06 bits per heavy atom. The van der Waals surface area contributed by atoms with Crippen LogP contribution in [0.2, 0.25) is 18.1 Å². The molecule has 0 aromatic heterocycles. The number of hydrogen-bond acceptors (Lipinski definition) is 3. The summed E-state index contributed by atoms with van der Waals surface area (Å²) in [5, 5.41) is 0.105. The van der Waals surface area contributed by atoms with Crippen LogP contribution in [-0.2, 0) is 14.0 Å². The minimum atomic E-state index is -1.96. The molecule has 31 heavy (non-hydrogen) atoms. The van der Waals surface area contributed by atoms with Crippen LogP contribution in [0.25, 0.3) is 0 Å². The van der Waals surface area contributed by atoms with Crippen molar-refractivity contribution >= 4 is 14.3 Å². The van der Waals surface area contributed by atoms with Crippen LogP contribution in [0.4, 0.5) is 0 Å². The highest BCUT2D eigenvalue weighted by Crippen LogP contribution is 2.38. The van der Waals surface area contributed by atoms with Crippen LogP contribution in [0.1, 0.15) is 137 Å². The molecular weight excluding hydrogens is 400 g/mol. The Balaban J connectivity index is 3.71. The topological polar surface area (TPSA) is 35.5 Å². The van der Waals surface area contributed by atoms with E-state index in [2.05, 4.69) is 40.8 Å². The third-order valence-corrected chi connectivity index (χ3v) is 11.5. The van der Waals surface area contributed by atoms with E-state index in [1.807, 2.05) is 0 Å². The lowest BCUT2D eigenvalue weighted by molar-refractivity contribution is -0.149. The minimum absolute atomic E-state index is 0.105. The zero-order chi connectivity index (χ0) is 23.6. The van der Waals surface area contributed by atoms with Crippen molar-refractivity contribution in [1.82, 2.24) is 0 Å². The van der Waals surface area contributed by atoms with Crippen LogP contribution in [0.5, 0.6) is 0 Å². The summed E-state index contributed by atoms with van der Waals surface area (Å²) in [6.07, 6.45) is 22.2. The molecular formula is C27H56O3Si. The number of methoxy groups -OCH3 is 1. The molecule has 0 aliphatic carbocycles. The Morgan fingerprint density at radius 1 is 0.710 bits per heavy atom. The standard InChI is InChI=1S/C27H56O3Si/c1-8-9-10-11-12-13-14-15-16-17-18-19-20-21-22-23-24-25(26(28)29-5)30-31(6,7)27(2,3)4/h25H,8-24H2,1-7H3. The molecule has 0 amide bonds. The molecule has 0 rings (SSSR count). The molecule has 1 atom stereocenters. The molecule has 0 heterocycles. The average molecular weight is 457 g/mol. The Hall–Kier alpha value is -0.353. The Kier molecular flexibility index (Phi) is 17.9. The molecule has 0 saturated carbocycles. The number of carbonyl (C=O) groups excluding carboxylic acids is 1. The first-order valence-electron chi connectivity index (χ1n) is 13.4. The summed E-state index contributed by atoms with van der Waals surface area (Å²) in [4.78, 5) is 12.2. The van der Waals surface area contributed by atoms with E-state index in [9.17, 15) is 4.79 Å². The molecule has 0 aromatic rings. The second-order valence-corrected chi connectivity index (χ2v) is 15.7. The fourth-order valence-electron chi connectivity index (χ4n) is 3.77. The van der Waals surface area contributed by atoms with E-state index in [1.54, 1.807) is 0 Å². The largest absolute Gasteiger partial charge is 0.467 e. The summed E-state index contributed by atoms with van der Waals surface area (Å²) in [6.45, 7) is 13.3. The maximum atomic E-state index is 12.2. The quantitative estimate of drug-likeness (QED) is 0.104. The highest BCUT2D eigenvalue weighted by Gasteiger charge is 2.40. The summed E-state index contributed by atoms with van der Waals surface area (Å²) in [5.41, 5.74) is 0. The maximum absolute atomic E-state index is 12.2. The van der Waals surface area contributed by atoms with Gasteiger partial charge in [-0.05, 0) is 24.6 Å². The highest BCUT2D eigenvalue weighted by atomic mass is 28.4. The lowest BCUT2D eigenvalue weighted by Gasteiger charge is -2.38. The minimum Gasteiger partial charge on any atom is -0.467 e. The molecule has 0 fully saturated rings. The predicted molar refractivity (Wildman–Crippen MR) is 138 cm³/mol. The van der Waals surface area contributed by atoms with Crippen LogP contribution in [0, 0.1) is 0 Å². The first-order chi connectivity index (χ1) is 14.7. The molecule has 0 aliphatic heterocycles. The van der Waals surface area contributed by atoms with Crippen molar-refractivity contribution in [2.45, 2.75) is 161 Å². The van der Waals surface area contributed by atoms with Crippen molar-refractivity contribution in [3.8, 4) is 0 Å². The smallest absolute Gasteiger partial charge is 0.333 e. The number of rotatable bonds is 20. The van der Waals surface area contributed by atoms with Crippen LogP contribution < -0.4 is 0 Å². The molecule has 1 unspecified atom stereocenters. The van der Waals surface area contributed by atoms with Crippen LogP contribution in [0.15, 0.2) is 0 Å². The van der Waals surface area contributed by atoms with E-state index in [0.29, 0.717) is 0 Å². The van der Waals surface area contributed by atoms with Gasteiger partial charge in [0.05, 0.1) is 7.11 Å². The molecule has 0 saturated heterocycles. The Morgan fingerprint density at radius 3 is 1.39 bits per heavy atom. The first kappa shape index (κ1) is 30.6. The second-order valence-electron chi connectivity index (χ2n) is 11.0. The van der Waals surface area contributed by atoms with Gasteiger partial charge in [0.1, 0.15) is 6.10 Å². The van der Waals surface area contributed by atoms with Crippen molar-refractivity contribution in [2.75, 3.05) is 7.11 Å². The molecule has 3 nitrogen and oxygen atoms in total. The van der Waals surface area contributed by atoms with E-state index >= 15 is 0 Å². The van der Waals surface area contributed by atoms with Crippen molar-refractivity contribution in [1.29, 1.82) is 0 Å². The summed E-state index contributed by atoms with van der Waals surface area (Å²) < 4.78 is 11.4. The van der Waals surface area contributed by atoms with E-state index in [0.717, 1.165) is 12.8 Å². The number of unbranched alkanes of at least 4 members (excludes halogenated alkanes) is 15. The fourth-order valence-corrected chi connectivity index (χ4v) is 5.05. The van der Waals surface area contributed by atoms with Crippen molar-refractivity contribution < 1.29 is 14.0 Å². The van der Waals surface area contributed by atoms with Gasteiger partial charge in [-0.15, -0.1) is 0 Å². The first-order valence-corrected chi connectivity index (χ1v) is 16.3. The van der Waals surface area contributed by atoms with Gasteiger partial charge in [-0.25, -0.2) is 4.79 Å². The van der Waals surface area contributed by atoms with Gasteiger partial charge in [-0.2, -0.15) is 0 Å². The SMILES string of the molecule is CCCCCCCCCCCCCCCCCCC(O[Si](C)(C)C(C)(C)C)C(=O)OC. The van der Waals surface area contributed by atoms with E-state index in [4.69, 9.17) is 9.16 Å². The monoisotopic (exact) mass is 456 g/mol. The lowest BCUT2D eigenvalue weighted by atomic mass is 10.0. The summed E-state index contributed by atoms with van der Waals surface area (Å²) in [6, 6.07) is 0.